The van der Waals surface area contributed by atoms with Gasteiger partial charge in [-0.2, -0.15) is 0 Å². The maximum atomic E-state index is 13.1. The maximum absolute atomic E-state index is 13.1. The van der Waals surface area contributed by atoms with Gasteiger partial charge in [0.1, 0.15) is 11.6 Å². The van der Waals surface area contributed by atoms with E-state index in [2.05, 4.69) is 0 Å². The van der Waals surface area contributed by atoms with Crippen molar-refractivity contribution in [2.45, 2.75) is 30.8 Å². The second kappa shape index (κ2) is 11.4. The van der Waals surface area contributed by atoms with Crippen LogP contribution in [-0.2, 0) is 27.9 Å². The number of halogens is 1. The molecule has 3 rings (SSSR count). The Morgan fingerprint density at radius 3 is 2.42 bits per heavy atom. The van der Waals surface area contributed by atoms with Crippen LogP contribution in [0.4, 0.5) is 4.39 Å². The quantitative estimate of drug-likeness (QED) is 0.396. The number of hydrogen-bond acceptors (Lipinski definition) is 5. The van der Waals surface area contributed by atoms with Crippen LogP contribution in [0.15, 0.2) is 70.9 Å². The number of methoxy groups -OCH3 is 1. The van der Waals surface area contributed by atoms with Crippen LogP contribution in [0.25, 0.3) is 0 Å². The molecule has 1 heterocycles. The minimum Gasteiger partial charge on any atom is -0.496 e. The standard InChI is InChI=1S/C24H27FN2O4S2/c1-26(33(29,30)22-13-11-20(25)12-14-22)15-5-10-24(28)27(18-21-8-6-16-32-21)17-19-7-3-4-9-23(19)31-2/h3-4,6-9,11-14,16H,5,10,15,17-18H2,1-2H3. The topological polar surface area (TPSA) is 66.9 Å². The van der Waals surface area contributed by atoms with Gasteiger partial charge in [0.05, 0.1) is 18.6 Å². The lowest BCUT2D eigenvalue weighted by Crippen LogP contribution is -2.32. The molecule has 0 saturated heterocycles. The summed E-state index contributed by atoms with van der Waals surface area (Å²) in [5.74, 6) is 0.150. The average molecular weight is 491 g/mol. The van der Waals surface area contributed by atoms with Crippen molar-refractivity contribution in [2.75, 3.05) is 20.7 Å². The molecule has 0 bridgehead atoms. The van der Waals surface area contributed by atoms with Gasteiger partial charge in [-0.1, -0.05) is 24.3 Å². The first kappa shape index (κ1) is 24.9. The molecule has 0 spiro atoms. The monoisotopic (exact) mass is 490 g/mol. The predicted octanol–water partition coefficient (Wildman–Crippen LogP) is 4.53. The second-order valence-electron chi connectivity index (χ2n) is 7.53. The maximum Gasteiger partial charge on any atom is 0.242 e. The van der Waals surface area contributed by atoms with E-state index in [9.17, 15) is 17.6 Å². The number of thiophene rings is 1. The summed E-state index contributed by atoms with van der Waals surface area (Å²) in [6.07, 6.45) is 0.562. The van der Waals surface area contributed by atoms with E-state index in [4.69, 9.17) is 4.74 Å². The van der Waals surface area contributed by atoms with E-state index in [1.54, 1.807) is 23.3 Å². The van der Waals surface area contributed by atoms with Gasteiger partial charge in [-0.15, -0.1) is 11.3 Å². The summed E-state index contributed by atoms with van der Waals surface area (Å²) in [6, 6.07) is 16.2. The van der Waals surface area contributed by atoms with Gasteiger partial charge in [0.15, 0.2) is 0 Å². The van der Waals surface area contributed by atoms with Crippen molar-refractivity contribution in [3.63, 3.8) is 0 Å². The van der Waals surface area contributed by atoms with Gasteiger partial charge < -0.3 is 9.64 Å². The molecule has 176 valence electrons. The zero-order chi connectivity index (χ0) is 23.8. The number of hydrogen-bond donors (Lipinski definition) is 0. The van der Waals surface area contributed by atoms with Crippen LogP contribution in [0.1, 0.15) is 23.3 Å². The van der Waals surface area contributed by atoms with Crippen molar-refractivity contribution in [1.82, 2.24) is 9.21 Å². The van der Waals surface area contributed by atoms with Gasteiger partial charge in [0.2, 0.25) is 15.9 Å². The Balaban J connectivity index is 1.64. The molecule has 0 aliphatic rings. The highest BCUT2D eigenvalue weighted by molar-refractivity contribution is 7.89. The molecule has 0 unspecified atom stereocenters. The van der Waals surface area contributed by atoms with Crippen molar-refractivity contribution in [3.8, 4) is 5.75 Å². The number of amides is 1. The first-order valence-corrected chi connectivity index (χ1v) is 12.8. The number of carbonyl (C=O) groups is 1. The Labute approximate surface area is 198 Å². The molecule has 33 heavy (non-hydrogen) atoms. The smallest absolute Gasteiger partial charge is 0.242 e. The van der Waals surface area contributed by atoms with E-state index < -0.39 is 15.8 Å². The van der Waals surface area contributed by atoms with Crippen LogP contribution in [0, 0.1) is 5.82 Å². The SMILES string of the molecule is COc1ccccc1CN(Cc1cccs1)C(=O)CCCN(C)S(=O)(=O)c1ccc(F)cc1. The van der Waals surface area contributed by atoms with E-state index in [0.717, 1.165) is 22.6 Å². The third-order valence-corrected chi connectivity index (χ3v) is 7.95. The van der Waals surface area contributed by atoms with Gasteiger partial charge >= 0.3 is 0 Å². The van der Waals surface area contributed by atoms with Gasteiger partial charge in [-0.3, -0.25) is 4.79 Å². The molecule has 0 atom stereocenters. The van der Waals surface area contributed by atoms with Gasteiger partial charge in [0, 0.05) is 37.0 Å². The van der Waals surface area contributed by atoms with E-state index in [1.165, 1.54) is 23.5 Å². The van der Waals surface area contributed by atoms with Crippen LogP contribution in [-0.4, -0.2) is 44.2 Å². The first-order chi connectivity index (χ1) is 15.8. The fraction of sp³-hybridized carbons (Fsp3) is 0.292. The molecule has 0 radical (unpaired) electrons. The lowest BCUT2D eigenvalue weighted by Gasteiger charge is -2.24. The minimum absolute atomic E-state index is 0.0215. The third-order valence-electron chi connectivity index (χ3n) is 5.22. The molecule has 0 aliphatic carbocycles. The van der Waals surface area contributed by atoms with Crippen molar-refractivity contribution in [2.24, 2.45) is 0 Å². The Kier molecular flexibility index (Phi) is 8.60. The molecule has 0 N–H and O–H groups in total. The molecule has 9 heteroatoms. The number of para-hydroxylation sites is 1. The highest BCUT2D eigenvalue weighted by atomic mass is 32.2. The van der Waals surface area contributed by atoms with Crippen LogP contribution in [0.2, 0.25) is 0 Å². The molecule has 3 aromatic rings. The molecule has 1 aromatic heterocycles. The predicted molar refractivity (Wildman–Crippen MR) is 127 cm³/mol. The number of rotatable bonds is 11. The van der Waals surface area contributed by atoms with Gasteiger partial charge in [0.25, 0.3) is 0 Å². The zero-order valence-electron chi connectivity index (χ0n) is 18.6. The second-order valence-corrected chi connectivity index (χ2v) is 10.6. The molecule has 2 aromatic carbocycles. The van der Waals surface area contributed by atoms with Crippen molar-refractivity contribution in [1.29, 1.82) is 0 Å². The number of ether oxygens (including phenoxy) is 1. The van der Waals surface area contributed by atoms with E-state index in [1.807, 2.05) is 41.8 Å². The summed E-state index contributed by atoms with van der Waals surface area (Å²) in [5.41, 5.74) is 0.904. The molecule has 0 saturated carbocycles. The average Bonchev–Trinajstić information content (AvgIpc) is 3.32. The van der Waals surface area contributed by atoms with E-state index >= 15 is 0 Å². The van der Waals surface area contributed by atoms with Crippen molar-refractivity contribution in [3.05, 3.63) is 82.3 Å². The fourth-order valence-electron chi connectivity index (χ4n) is 3.38. The molecule has 6 nitrogen and oxygen atoms in total. The molecule has 0 aliphatic heterocycles. The molecule has 0 fully saturated rings. The van der Waals surface area contributed by atoms with Crippen molar-refractivity contribution >= 4 is 27.3 Å². The number of sulfonamides is 1. The van der Waals surface area contributed by atoms with Crippen molar-refractivity contribution < 1.29 is 22.3 Å². The summed E-state index contributed by atoms with van der Waals surface area (Å²) in [7, 11) is -0.687. The summed E-state index contributed by atoms with van der Waals surface area (Å²) in [5, 5.41) is 1.97. The lowest BCUT2D eigenvalue weighted by atomic mass is 10.1. The van der Waals surface area contributed by atoms with Crippen LogP contribution >= 0.6 is 11.3 Å². The Bertz CT molecular complexity index is 1150. The summed E-state index contributed by atoms with van der Waals surface area (Å²) >= 11 is 1.58. The fourth-order valence-corrected chi connectivity index (χ4v) is 5.31. The molecular formula is C24H27FN2O4S2. The summed E-state index contributed by atoms with van der Waals surface area (Å²) in [6.45, 7) is 1.04. The summed E-state index contributed by atoms with van der Waals surface area (Å²) in [4.78, 5) is 15.9. The Hall–Kier alpha value is -2.75. The normalized spacial score (nSPS) is 11.5. The van der Waals surface area contributed by atoms with Gasteiger partial charge in [-0.05, 0) is 48.2 Å². The third kappa shape index (κ3) is 6.63. The van der Waals surface area contributed by atoms with Crippen LogP contribution < -0.4 is 4.74 Å². The lowest BCUT2D eigenvalue weighted by molar-refractivity contribution is -0.132. The number of benzene rings is 2. The largest absolute Gasteiger partial charge is 0.496 e. The van der Waals surface area contributed by atoms with E-state index in [0.29, 0.717) is 25.3 Å². The van der Waals surface area contributed by atoms with Crippen LogP contribution in [0.3, 0.4) is 0 Å². The molecular weight excluding hydrogens is 463 g/mol. The zero-order valence-corrected chi connectivity index (χ0v) is 20.2. The van der Waals surface area contributed by atoms with Crippen LogP contribution in [0.5, 0.6) is 5.75 Å². The summed E-state index contributed by atoms with van der Waals surface area (Å²) < 4.78 is 45.1. The molecule has 1 amide bonds. The Morgan fingerprint density at radius 2 is 1.76 bits per heavy atom. The number of carbonyl (C=O) groups excluding carboxylic acids is 1. The number of nitrogens with zero attached hydrogens (tertiary/aromatic N) is 2. The van der Waals surface area contributed by atoms with Gasteiger partial charge in [-0.25, -0.2) is 17.1 Å². The highest BCUT2D eigenvalue weighted by Gasteiger charge is 2.22. The Morgan fingerprint density at radius 1 is 1.03 bits per heavy atom. The minimum atomic E-state index is -3.75. The van der Waals surface area contributed by atoms with E-state index in [-0.39, 0.29) is 23.8 Å². The highest BCUT2D eigenvalue weighted by Crippen LogP contribution is 2.22. The first-order valence-electron chi connectivity index (χ1n) is 10.4.